The highest BCUT2D eigenvalue weighted by molar-refractivity contribution is 7.99. The summed E-state index contributed by atoms with van der Waals surface area (Å²) in [5.41, 5.74) is 2.84. The van der Waals surface area contributed by atoms with Crippen LogP contribution in [0.15, 0.2) is 28.7 Å². The van der Waals surface area contributed by atoms with E-state index in [0.29, 0.717) is 10.8 Å². The molecule has 5 nitrogen and oxygen atoms in total. The smallest absolute Gasteiger partial charge is 0.234 e. The van der Waals surface area contributed by atoms with E-state index in [1.807, 2.05) is 0 Å². The molecule has 0 aliphatic rings. The van der Waals surface area contributed by atoms with Gasteiger partial charge >= 0.3 is 0 Å². The van der Waals surface area contributed by atoms with Crippen LogP contribution in [0.1, 0.15) is 37.3 Å². The molecule has 0 radical (unpaired) electrons. The number of nitrogens with one attached hydrogen (secondary N) is 1. The number of halogens is 2. The van der Waals surface area contributed by atoms with Gasteiger partial charge in [0.05, 0.1) is 10.8 Å². The molecule has 0 spiro atoms. The minimum atomic E-state index is -0.522. The predicted molar refractivity (Wildman–Crippen MR) is 119 cm³/mol. The summed E-state index contributed by atoms with van der Waals surface area (Å²) in [6.45, 7) is 8.39. The van der Waals surface area contributed by atoms with Crippen LogP contribution in [0.3, 0.4) is 0 Å². The van der Waals surface area contributed by atoms with Crippen molar-refractivity contribution in [1.82, 2.24) is 14.8 Å². The third kappa shape index (κ3) is 4.82. The van der Waals surface area contributed by atoms with Crippen LogP contribution in [0.2, 0.25) is 5.02 Å². The molecule has 3 rings (SSSR count). The lowest BCUT2D eigenvalue weighted by Gasteiger charge is -2.14. The average molecular weight is 453 g/mol. The lowest BCUT2D eigenvalue weighted by atomic mass is 10.1. The molecule has 1 N–H and O–H groups in total. The number of carbonyl (C=O) groups is 1. The highest BCUT2D eigenvalue weighted by atomic mass is 35.5. The number of aryl methyl sites for hydroxylation is 1. The summed E-state index contributed by atoms with van der Waals surface area (Å²) < 4.78 is 15.3. The van der Waals surface area contributed by atoms with Gasteiger partial charge in [-0.05, 0) is 51.0 Å². The summed E-state index contributed by atoms with van der Waals surface area (Å²) in [5.74, 6) is 0.239. The first-order valence-corrected chi connectivity index (χ1v) is 11.5. The molecule has 29 heavy (non-hydrogen) atoms. The van der Waals surface area contributed by atoms with Crippen LogP contribution in [0.4, 0.5) is 10.1 Å². The molecule has 2 heterocycles. The van der Waals surface area contributed by atoms with E-state index in [-0.39, 0.29) is 22.7 Å². The topological polar surface area (TPSA) is 59.8 Å². The first-order chi connectivity index (χ1) is 13.8. The molecular formula is C20H22ClFN4OS2. The molecule has 3 aromatic rings. The standard InChI is InChI=1S/C20H22ClFN4OS2/c1-5-14-12(4)28-9-15(14)19-24-25-20(26(19)11(2)3)29-10-18(27)23-13-6-7-17(22)16(21)8-13/h6-9,11H,5,10H2,1-4H3,(H,23,27). The zero-order valence-corrected chi connectivity index (χ0v) is 19.0. The first-order valence-electron chi connectivity index (χ1n) is 9.21. The van der Waals surface area contributed by atoms with Crippen molar-refractivity contribution in [2.24, 2.45) is 0 Å². The Hall–Kier alpha value is -1.90. The number of carbonyl (C=O) groups excluding carboxylic acids is 1. The SMILES string of the molecule is CCc1c(-c2nnc(SCC(=O)Nc3ccc(F)c(Cl)c3)n2C(C)C)csc1C. The van der Waals surface area contributed by atoms with E-state index in [9.17, 15) is 9.18 Å². The van der Waals surface area contributed by atoms with Gasteiger partial charge in [-0.2, -0.15) is 0 Å². The number of rotatable bonds is 7. The molecule has 0 bridgehead atoms. The van der Waals surface area contributed by atoms with E-state index >= 15 is 0 Å². The fraction of sp³-hybridized carbons (Fsp3) is 0.350. The lowest BCUT2D eigenvalue weighted by Crippen LogP contribution is -2.15. The Morgan fingerprint density at radius 2 is 2.14 bits per heavy atom. The van der Waals surface area contributed by atoms with Gasteiger partial charge < -0.3 is 5.32 Å². The van der Waals surface area contributed by atoms with Crippen LogP contribution < -0.4 is 5.32 Å². The molecular weight excluding hydrogens is 431 g/mol. The van der Waals surface area contributed by atoms with E-state index in [2.05, 4.69) is 53.2 Å². The van der Waals surface area contributed by atoms with Crippen LogP contribution in [0.5, 0.6) is 0 Å². The van der Waals surface area contributed by atoms with Crippen molar-refractivity contribution < 1.29 is 9.18 Å². The van der Waals surface area contributed by atoms with E-state index in [1.165, 1.54) is 40.4 Å². The second-order valence-electron chi connectivity index (χ2n) is 6.77. The summed E-state index contributed by atoms with van der Waals surface area (Å²) >= 11 is 8.79. The van der Waals surface area contributed by atoms with Gasteiger partial charge in [0.1, 0.15) is 5.82 Å². The number of aromatic nitrogens is 3. The van der Waals surface area contributed by atoms with Gasteiger partial charge in [0.25, 0.3) is 0 Å². The van der Waals surface area contributed by atoms with Crippen LogP contribution >= 0.6 is 34.7 Å². The number of nitrogens with zero attached hydrogens (tertiary/aromatic N) is 3. The summed E-state index contributed by atoms with van der Waals surface area (Å²) in [4.78, 5) is 13.6. The molecule has 0 saturated carbocycles. The fourth-order valence-corrected chi connectivity index (χ4v) is 5.02. The molecule has 0 aliphatic heterocycles. The Kier molecular flexibility index (Phi) is 6.97. The van der Waals surface area contributed by atoms with Crippen molar-refractivity contribution in [1.29, 1.82) is 0 Å². The number of benzene rings is 1. The number of amides is 1. The lowest BCUT2D eigenvalue weighted by molar-refractivity contribution is -0.113. The van der Waals surface area contributed by atoms with E-state index in [0.717, 1.165) is 17.8 Å². The number of thiophene rings is 1. The zero-order chi connectivity index (χ0) is 21.1. The highest BCUT2D eigenvalue weighted by Gasteiger charge is 2.21. The maximum atomic E-state index is 13.3. The molecule has 9 heteroatoms. The summed E-state index contributed by atoms with van der Waals surface area (Å²) in [5, 5.41) is 14.3. The summed E-state index contributed by atoms with van der Waals surface area (Å²) in [6.07, 6.45) is 0.931. The molecule has 2 aromatic heterocycles. The van der Waals surface area contributed by atoms with Crippen LogP contribution in [0.25, 0.3) is 11.4 Å². The number of thioether (sulfide) groups is 1. The molecule has 1 amide bonds. The molecule has 1 aromatic carbocycles. The summed E-state index contributed by atoms with van der Waals surface area (Å²) in [6, 6.07) is 4.23. The third-order valence-electron chi connectivity index (χ3n) is 4.41. The van der Waals surface area contributed by atoms with Gasteiger partial charge in [0.15, 0.2) is 11.0 Å². The minimum absolute atomic E-state index is 0.0302. The maximum absolute atomic E-state index is 13.3. The Morgan fingerprint density at radius 3 is 2.79 bits per heavy atom. The monoisotopic (exact) mass is 452 g/mol. The quantitative estimate of drug-likeness (QED) is 0.448. The third-order valence-corrected chi connectivity index (χ3v) is 6.60. The second kappa shape index (κ2) is 9.28. The summed E-state index contributed by atoms with van der Waals surface area (Å²) in [7, 11) is 0. The van der Waals surface area contributed by atoms with Crippen molar-refractivity contribution >= 4 is 46.3 Å². The maximum Gasteiger partial charge on any atom is 0.234 e. The van der Waals surface area contributed by atoms with Crippen molar-refractivity contribution in [2.75, 3.05) is 11.1 Å². The fourth-order valence-electron chi connectivity index (χ4n) is 3.03. The van der Waals surface area contributed by atoms with E-state index in [1.54, 1.807) is 11.3 Å². The van der Waals surface area contributed by atoms with Crippen molar-refractivity contribution in [3.05, 3.63) is 44.9 Å². The van der Waals surface area contributed by atoms with Gasteiger partial charge in [-0.1, -0.05) is 30.3 Å². The largest absolute Gasteiger partial charge is 0.325 e. The van der Waals surface area contributed by atoms with Gasteiger partial charge in [-0.25, -0.2) is 4.39 Å². The van der Waals surface area contributed by atoms with Gasteiger partial charge in [0.2, 0.25) is 5.91 Å². The zero-order valence-electron chi connectivity index (χ0n) is 16.6. The highest BCUT2D eigenvalue weighted by Crippen LogP contribution is 2.34. The molecule has 0 aliphatic carbocycles. The number of hydrogen-bond donors (Lipinski definition) is 1. The molecule has 154 valence electrons. The molecule has 0 atom stereocenters. The van der Waals surface area contributed by atoms with Crippen LogP contribution in [-0.4, -0.2) is 26.4 Å². The molecule has 0 fully saturated rings. The van der Waals surface area contributed by atoms with Crippen LogP contribution in [-0.2, 0) is 11.2 Å². The van der Waals surface area contributed by atoms with Crippen molar-refractivity contribution in [2.45, 2.75) is 45.3 Å². The predicted octanol–water partition coefficient (Wildman–Crippen LogP) is 5.98. The molecule has 0 saturated heterocycles. The van der Waals surface area contributed by atoms with Crippen molar-refractivity contribution in [3.8, 4) is 11.4 Å². The Morgan fingerprint density at radius 1 is 1.38 bits per heavy atom. The van der Waals surface area contributed by atoms with E-state index < -0.39 is 5.82 Å². The second-order valence-corrected chi connectivity index (χ2v) is 9.21. The number of hydrogen-bond acceptors (Lipinski definition) is 5. The normalized spacial score (nSPS) is 11.3. The van der Waals surface area contributed by atoms with Gasteiger partial charge in [-0.3, -0.25) is 9.36 Å². The Bertz CT molecular complexity index is 1030. The minimum Gasteiger partial charge on any atom is -0.325 e. The average Bonchev–Trinajstić information content (AvgIpc) is 3.25. The number of anilines is 1. The van der Waals surface area contributed by atoms with E-state index in [4.69, 9.17) is 11.6 Å². The first kappa shape index (κ1) is 21.8. The van der Waals surface area contributed by atoms with Crippen molar-refractivity contribution in [3.63, 3.8) is 0 Å². The molecule has 0 unspecified atom stereocenters. The Labute approximate surface area is 182 Å². The Balaban J connectivity index is 1.76. The van der Waals surface area contributed by atoms with Gasteiger partial charge in [0, 0.05) is 27.5 Å². The van der Waals surface area contributed by atoms with Crippen LogP contribution in [0, 0.1) is 12.7 Å². The van der Waals surface area contributed by atoms with Gasteiger partial charge in [-0.15, -0.1) is 21.5 Å².